The summed E-state index contributed by atoms with van der Waals surface area (Å²) >= 11 is 11.8. The van der Waals surface area contributed by atoms with E-state index in [2.05, 4.69) is 31.0 Å². The van der Waals surface area contributed by atoms with E-state index in [1.807, 2.05) is 12.1 Å². The minimum absolute atomic E-state index is 0.338. The van der Waals surface area contributed by atoms with Crippen LogP contribution in [0.2, 0.25) is 5.02 Å². The van der Waals surface area contributed by atoms with Crippen molar-refractivity contribution < 1.29 is 4.74 Å². The van der Waals surface area contributed by atoms with Crippen LogP contribution in [0.25, 0.3) is 0 Å². The smallest absolute Gasteiger partial charge is 0.219 e. The third-order valence-electron chi connectivity index (χ3n) is 3.34. The highest BCUT2D eigenvalue weighted by molar-refractivity contribution is 6.32. The zero-order valence-electron chi connectivity index (χ0n) is 11.6. The number of ether oxygens (including phenoxy) is 1. The van der Waals surface area contributed by atoms with Crippen molar-refractivity contribution in [3.63, 3.8) is 0 Å². The van der Waals surface area contributed by atoms with Gasteiger partial charge in [-0.1, -0.05) is 37.6 Å². The van der Waals surface area contributed by atoms with E-state index in [9.17, 15) is 0 Å². The van der Waals surface area contributed by atoms with Crippen molar-refractivity contribution in [3.8, 4) is 11.6 Å². The molecule has 0 amide bonds. The molecular formula is C16H17Cl2NO. The fraction of sp³-hybridized carbons (Fsp3) is 0.312. The van der Waals surface area contributed by atoms with Crippen LogP contribution in [0.4, 0.5) is 0 Å². The Kier molecular flexibility index (Phi) is 5.27. The zero-order chi connectivity index (χ0) is 14.5. The summed E-state index contributed by atoms with van der Waals surface area (Å²) in [6.45, 7) is 4.39. The molecule has 4 heteroatoms. The average molecular weight is 310 g/mol. The fourth-order valence-electron chi connectivity index (χ4n) is 1.84. The maximum atomic E-state index is 5.97. The number of hydrogen-bond acceptors (Lipinski definition) is 2. The molecule has 0 saturated carbocycles. The molecule has 1 heterocycles. The molecule has 1 aromatic heterocycles. The Morgan fingerprint density at radius 2 is 1.95 bits per heavy atom. The first-order chi connectivity index (χ1) is 9.63. The van der Waals surface area contributed by atoms with Crippen LogP contribution < -0.4 is 4.74 Å². The summed E-state index contributed by atoms with van der Waals surface area (Å²) in [4.78, 5) is 4.14. The molecule has 1 unspecified atom stereocenters. The molecule has 2 rings (SSSR count). The van der Waals surface area contributed by atoms with Crippen molar-refractivity contribution in [3.05, 3.63) is 52.7 Å². The number of hydrogen-bond donors (Lipinski definition) is 0. The van der Waals surface area contributed by atoms with Gasteiger partial charge < -0.3 is 4.74 Å². The van der Waals surface area contributed by atoms with Gasteiger partial charge in [0.05, 0.1) is 5.02 Å². The first kappa shape index (κ1) is 15.1. The van der Waals surface area contributed by atoms with Gasteiger partial charge in [-0.3, -0.25) is 0 Å². The Balaban J connectivity index is 2.14. The number of halogens is 2. The molecule has 1 aromatic carbocycles. The summed E-state index contributed by atoms with van der Waals surface area (Å²) in [5.74, 6) is 2.15. The lowest BCUT2D eigenvalue weighted by Gasteiger charge is -2.10. The van der Waals surface area contributed by atoms with E-state index in [1.54, 1.807) is 12.3 Å². The van der Waals surface area contributed by atoms with Crippen molar-refractivity contribution in [2.75, 3.05) is 0 Å². The van der Waals surface area contributed by atoms with Gasteiger partial charge in [0.25, 0.3) is 0 Å². The molecule has 0 aliphatic carbocycles. The highest BCUT2D eigenvalue weighted by Gasteiger charge is 2.06. The molecule has 0 radical (unpaired) electrons. The first-order valence-corrected chi connectivity index (χ1v) is 7.53. The van der Waals surface area contributed by atoms with Gasteiger partial charge in [-0.2, -0.15) is 0 Å². The quantitative estimate of drug-likeness (QED) is 0.653. The molecule has 106 valence electrons. The van der Waals surface area contributed by atoms with Gasteiger partial charge in [0, 0.05) is 18.1 Å². The Morgan fingerprint density at radius 3 is 2.55 bits per heavy atom. The molecule has 0 aliphatic heterocycles. The van der Waals surface area contributed by atoms with Gasteiger partial charge in [-0.25, -0.2) is 4.98 Å². The van der Waals surface area contributed by atoms with E-state index in [4.69, 9.17) is 27.9 Å². The molecule has 20 heavy (non-hydrogen) atoms. The standard InChI is InChI=1S/C16H17Cl2NO/c1-3-11(2)12-4-6-14(7-5-12)20-16-8-13(9-17)15(18)10-19-16/h4-8,10-11H,3,9H2,1-2H3. The fourth-order valence-corrected chi connectivity index (χ4v) is 2.30. The lowest BCUT2D eigenvalue weighted by molar-refractivity contribution is 0.462. The average Bonchev–Trinajstić information content (AvgIpc) is 2.49. The predicted octanol–water partition coefficient (Wildman–Crippen LogP) is 5.78. The molecule has 0 aliphatic rings. The summed E-state index contributed by atoms with van der Waals surface area (Å²) in [7, 11) is 0. The SMILES string of the molecule is CCC(C)c1ccc(Oc2cc(CCl)c(Cl)cn2)cc1. The third-order valence-corrected chi connectivity index (χ3v) is 3.97. The third kappa shape index (κ3) is 3.65. The van der Waals surface area contributed by atoms with E-state index in [1.165, 1.54) is 5.56 Å². The number of alkyl halides is 1. The maximum Gasteiger partial charge on any atom is 0.219 e. The van der Waals surface area contributed by atoms with Crippen LogP contribution in [0.15, 0.2) is 36.5 Å². The number of rotatable bonds is 5. The number of benzene rings is 1. The summed E-state index contributed by atoms with van der Waals surface area (Å²) in [6, 6.07) is 9.85. The second-order valence-corrected chi connectivity index (χ2v) is 5.40. The summed E-state index contributed by atoms with van der Waals surface area (Å²) in [6.07, 6.45) is 2.68. The normalized spacial score (nSPS) is 12.2. The molecule has 0 fully saturated rings. The van der Waals surface area contributed by atoms with Crippen LogP contribution >= 0.6 is 23.2 Å². The monoisotopic (exact) mass is 309 g/mol. The first-order valence-electron chi connectivity index (χ1n) is 6.62. The number of aromatic nitrogens is 1. The Hall–Kier alpha value is -1.25. The minimum Gasteiger partial charge on any atom is -0.439 e. The van der Waals surface area contributed by atoms with Gasteiger partial charge >= 0.3 is 0 Å². The zero-order valence-corrected chi connectivity index (χ0v) is 13.1. The molecule has 2 nitrogen and oxygen atoms in total. The summed E-state index contributed by atoms with van der Waals surface area (Å²) < 4.78 is 5.72. The number of nitrogens with zero attached hydrogens (tertiary/aromatic N) is 1. The van der Waals surface area contributed by atoms with E-state index in [0.29, 0.717) is 22.7 Å². The highest BCUT2D eigenvalue weighted by atomic mass is 35.5. The van der Waals surface area contributed by atoms with Gasteiger partial charge in [0.2, 0.25) is 5.88 Å². The molecular weight excluding hydrogens is 293 g/mol. The summed E-state index contributed by atoms with van der Waals surface area (Å²) in [5.41, 5.74) is 2.12. The van der Waals surface area contributed by atoms with Crippen LogP contribution in [0.3, 0.4) is 0 Å². The van der Waals surface area contributed by atoms with Crippen LogP contribution in [0.1, 0.15) is 37.3 Å². The van der Waals surface area contributed by atoms with E-state index >= 15 is 0 Å². The molecule has 0 spiro atoms. The Bertz CT molecular complexity index is 569. The van der Waals surface area contributed by atoms with Crippen molar-refractivity contribution >= 4 is 23.2 Å². The minimum atomic E-state index is 0.338. The highest BCUT2D eigenvalue weighted by Crippen LogP contribution is 2.26. The lowest BCUT2D eigenvalue weighted by atomic mass is 9.99. The van der Waals surface area contributed by atoms with Crippen LogP contribution in [-0.4, -0.2) is 4.98 Å². The molecule has 2 aromatic rings. The summed E-state index contributed by atoms with van der Waals surface area (Å²) in [5, 5.41) is 0.555. The van der Waals surface area contributed by atoms with Gasteiger partial charge in [-0.15, -0.1) is 11.6 Å². The second kappa shape index (κ2) is 6.96. The Labute approximate surface area is 129 Å². The molecule has 0 N–H and O–H groups in total. The van der Waals surface area contributed by atoms with E-state index < -0.39 is 0 Å². The molecule has 1 atom stereocenters. The second-order valence-electron chi connectivity index (χ2n) is 4.73. The largest absolute Gasteiger partial charge is 0.439 e. The van der Waals surface area contributed by atoms with Gasteiger partial charge in [0.15, 0.2) is 0 Å². The molecule has 0 saturated heterocycles. The van der Waals surface area contributed by atoms with Crippen molar-refractivity contribution in [1.29, 1.82) is 0 Å². The number of pyridine rings is 1. The van der Waals surface area contributed by atoms with E-state index in [0.717, 1.165) is 17.7 Å². The predicted molar refractivity (Wildman–Crippen MR) is 84.0 cm³/mol. The van der Waals surface area contributed by atoms with Crippen LogP contribution in [0, 0.1) is 0 Å². The van der Waals surface area contributed by atoms with Gasteiger partial charge in [0.1, 0.15) is 5.75 Å². The maximum absolute atomic E-state index is 5.97. The van der Waals surface area contributed by atoms with Crippen molar-refractivity contribution in [2.24, 2.45) is 0 Å². The van der Waals surface area contributed by atoms with Gasteiger partial charge in [-0.05, 0) is 35.6 Å². The van der Waals surface area contributed by atoms with Crippen LogP contribution in [-0.2, 0) is 5.88 Å². The van der Waals surface area contributed by atoms with E-state index in [-0.39, 0.29) is 0 Å². The lowest BCUT2D eigenvalue weighted by Crippen LogP contribution is -1.93. The van der Waals surface area contributed by atoms with Crippen molar-refractivity contribution in [2.45, 2.75) is 32.1 Å². The van der Waals surface area contributed by atoms with Crippen molar-refractivity contribution in [1.82, 2.24) is 4.98 Å². The molecule has 0 bridgehead atoms. The topological polar surface area (TPSA) is 22.1 Å². The Morgan fingerprint density at radius 1 is 1.25 bits per heavy atom. The van der Waals surface area contributed by atoms with Crippen LogP contribution in [0.5, 0.6) is 11.6 Å².